The van der Waals surface area contributed by atoms with Gasteiger partial charge < -0.3 is 5.11 Å². The molecule has 2 aromatic carbocycles. The molecule has 0 aliphatic heterocycles. The lowest BCUT2D eigenvalue weighted by atomic mass is 9.74. The molecule has 0 aromatic heterocycles. The molecule has 2 aromatic rings. The second-order valence-corrected chi connectivity index (χ2v) is 6.54. The lowest BCUT2D eigenvalue weighted by Crippen LogP contribution is -2.25. The van der Waals surface area contributed by atoms with Crippen LogP contribution in [-0.2, 0) is 19.3 Å². The molecule has 0 bridgehead atoms. The molecule has 0 heterocycles. The summed E-state index contributed by atoms with van der Waals surface area (Å²) in [5.74, 6) is 0.755. The van der Waals surface area contributed by atoms with Crippen molar-refractivity contribution < 1.29 is 5.11 Å². The summed E-state index contributed by atoms with van der Waals surface area (Å²) in [6.07, 6.45) is 3.08. The minimum absolute atomic E-state index is 0.194. The van der Waals surface area contributed by atoms with E-state index in [0.29, 0.717) is 17.4 Å². The molecule has 0 fully saturated rings. The van der Waals surface area contributed by atoms with E-state index in [1.54, 1.807) is 6.07 Å². The molecule has 106 valence electrons. The Morgan fingerprint density at radius 1 is 1.05 bits per heavy atom. The van der Waals surface area contributed by atoms with E-state index in [-0.39, 0.29) is 5.41 Å². The fourth-order valence-electron chi connectivity index (χ4n) is 4.27. The number of fused-ring (bicyclic) bond motifs is 2. The van der Waals surface area contributed by atoms with Gasteiger partial charge in [0.2, 0.25) is 0 Å². The Kier molecular flexibility index (Phi) is 2.49. The third-order valence-electron chi connectivity index (χ3n) is 5.44. The molecule has 0 amide bonds. The third-order valence-corrected chi connectivity index (χ3v) is 5.44. The van der Waals surface area contributed by atoms with Gasteiger partial charge in [-0.1, -0.05) is 19.1 Å². The van der Waals surface area contributed by atoms with Gasteiger partial charge in [0.1, 0.15) is 11.4 Å². The number of benzene rings is 2. The normalized spacial score (nSPS) is 25.9. The second kappa shape index (κ2) is 4.17. The quantitative estimate of drug-likeness (QED) is 0.794. The van der Waals surface area contributed by atoms with Gasteiger partial charge in [0.05, 0.1) is 0 Å². The fraction of sp³-hybridized carbons (Fsp3) is 0.333. The zero-order valence-electron chi connectivity index (χ0n) is 12.0. The summed E-state index contributed by atoms with van der Waals surface area (Å²) in [5.41, 5.74) is 5.94. The van der Waals surface area contributed by atoms with Crippen LogP contribution in [0.15, 0.2) is 41.6 Å². The summed E-state index contributed by atoms with van der Waals surface area (Å²) in [6.45, 7) is 2.26. The molecule has 0 radical (unpaired) electrons. The number of aromatic hydroxyl groups is 1. The molecule has 3 heteroatoms. The molecule has 1 spiro atoms. The van der Waals surface area contributed by atoms with Crippen molar-refractivity contribution >= 4 is 5.69 Å². The van der Waals surface area contributed by atoms with Gasteiger partial charge >= 0.3 is 0 Å². The van der Waals surface area contributed by atoms with Crippen LogP contribution in [-0.4, -0.2) is 5.11 Å². The monoisotopic (exact) mass is 279 g/mol. The van der Waals surface area contributed by atoms with Gasteiger partial charge in [-0.2, -0.15) is 0 Å². The minimum atomic E-state index is 0.194. The average Bonchev–Trinajstić information content (AvgIpc) is 2.97. The summed E-state index contributed by atoms with van der Waals surface area (Å²) in [5, 5.41) is 12.8. The van der Waals surface area contributed by atoms with Crippen molar-refractivity contribution in [2.45, 2.75) is 32.1 Å². The molecule has 3 nitrogen and oxygen atoms in total. The van der Waals surface area contributed by atoms with Gasteiger partial charge in [0.15, 0.2) is 0 Å². The van der Waals surface area contributed by atoms with Crippen molar-refractivity contribution in [3.63, 3.8) is 0 Å². The van der Waals surface area contributed by atoms with Gasteiger partial charge in [-0.3, -0.25) is 0 Å². The Morgan fingerprint density at radius 2 is 1.76 bits per heavy atom. The lowest BCUT2D eigenvalue weighted by Gasteiger charge is -2.29. The molecular formula is C18H17NO2. The van der Waals surface area contributed by atoms with Gasteiger partial charge in [0.25, 0.3) is 0 Å². The molecule has 0 saturated carbocycles. The molecule has 2 atom stereocenters. The Bertz CT molecular complexity index is 753. The highest BCUT2D eigenvalue weighted by molar-refractivity contribution is 5.52. The molecular weight excluding hydrogens is 262 g/mol. The van der Waals surface area contributed by atoms with E-state index in [9.17, 15) is 10.0 Å². The summed E-state index contributed by atoms with van der Waals surface area (Å²) < 4.78 is 0. The number of hydrogen-bond acceptors (Lipinski definition) is 3. The van der Waals surface area contributed by atoms with Crippen LogP contribution in [0.3, 0.4) is 0 Å². The summed E-state index contributed by atoms with van der Waals surface area (Å²) in [7, 11) is 0. The van der Waals surface area contributed by atoms with Crippen LogP contribution in [0.5, 0.6) is 5.75 Å². The predicted octanol–water partition coefficient (Wildman–Crippen LogP) is 4.23. The van der Waals surface area contributed by atoms with Crippen LogP contribution in [0, 0.1) is 10.3 Å². The Balaban J connectivity index is 1.75. The molecule has 1 unspecified atom stereocenters. The first-order valence-corrected chi connectivity index (χ1v) is 7.38. The largest absolute Gasteiger partial charge is 0.508 e. The van der Waals surface area contributed by atoms with E-state index in [1.807, 2.05) is 24.3 Å². The van der Waals surface area contributed by atoms with E-state index in [2.05, 4.69) is 18.2 Å². The van der Waals surface area contributed by atoms with Crippen LogP contribution in [0.2, 0.25) is 0 Å². The predicted molar refractivity (Wildman–Crippen MR) is 82.0 cm³/mol. The maximum Gasteiger partial charge on any atom is 0.115 e. The molecule has 2 aliphatic carbocycles. The Hall–Kier alpha value is -2.16. The summed E-state index contributed by atoms with van der Waals surface area (Å²) in [6, 6.07) is 11.5. The first-order chi connectivity index (χ1) is 10.1. The van der Waals surface area contributed by atoms with E-state index in [4.69, 9.17) is 0 Å². The van der Waals surface area contributed by atoms with Crippen LogP contribution in [0.1, 0.15) is 35.1 Å². The van der Waals surface area contributed by atoms with Crippen LogP contribution in [0.25, 0.3) is 0 Å². The lowest BCUT2D eigenvalue weighted by molar-refractivity contribution is 0.273. The highest BCUT2D eigenvalue weighted by Crippen LogP contribution is 2.55. The summed E-state index contributed by atoms with van der Waals surface area (Å²) in [4.78, 5) is 10.8. The molecule has 1 N–H and O–H groups in total. The van der Waals surface area contributed by atoms with Gasteiger partial charge in [-0.25, -0.2) is 0 Å². The van der Waals surface area contributed by atoms with E-state index in [0.717, 1.165) is 19.3 Å². The van der Waals surface area contributed by atoms with E-state index >= 15 is 0 Å². The Labute approximate surface area is 123 Å². The Morgan fingerprint density at radius 3 is 2.57 bits per heavy atom. The highest BCUT2D eigenvalue weighted by atomic mass is 16.3. The first-order valence-electron chi connectivity index (χ1n) is 7.38. The third kappa shape index (κ3) is 1.73. The minimum Gasteiger partial charge on any atom is -0.508 e. The second-order valence-electron chi connectivity index (χ2n) is 6.54. The number of phenolic OH excluding ortho intramolecular Hbond substituents is 1. The van der Waals surface area contributed by atoms with Crippen LogP contribution in [0.4, 0.5) is 5.69 Å². The molecule has 21 heavy (non-hydrogen) atoms. The maximum absolute atomic E-state index is 10.8. The summed E-state index contributed by atoms with van der Waals surface area (Å²) >= 11 is 0. The van der Waals surface area contributed by atoms with Gasteiger partial charge in [-0.05, 0) is 82.3 Å². The molecule has 2 aliphatic rings. The first kappa shape index (κ1) is 12.6. The topological polar surface area (TPSA) is 49.7 Å². The zero-order valence-corrected chi connectivity index (χ0v) is 12.0. The highest BCUT2D eigenvalue weighted by Gasteiger charge is 2.47. The number of hydrogen-bond donors (Lipinski definition) is 1. The van der Waals surface area contributed by atoms with Crippen LogP contribution >= 0.6 is 0 Å². The average molecular weight is 279 g/mol. The fourth-order valence-corrected chi connectivity index (χ4v) is 4.27. The SMILES string of the molecule is CC1c2cc(N=O)ccc2C[C@@]12Cc1ccc(O)cc1C2. The van der Waals surface area contributed by atoms with Crippen molar-refractivity contribution in [3.05, 3.63) is 63.6 Å². The van der Waals surface area contributed by atoms with Crippen molar-refractivity contribution in [1.82, 2.24) is 0 Å². The number of rotatable bonds is 1. The van der Waals surface area contributed by atoms with E-state index < -0.39 is 0 Å². The smallest absolute Gasteiger partial charge is 0.115 e. The number of nitroso groups, excluding NO2 is 1. The number of phenols is 1. The van der Waals surface area contributed by atoms with Crippen molar-refractivity contribution in [2.75, 3.05) is 0 Å². The van der Waals surface area contributed by atoms with Crippen molar-refractivity contribution in [1.29, 1.82) is 0 Å². The van der Waals surface area contributed by atoms with Crippen molar-refractivity contribution in [3.8, 4) is 5.75 Å². The zero-order chi connectivity index (χ0) is 14.6. The van der Waals surface area contributed by atoms with Gasteiger partial charge in [0, 0.05) is 0 Å². The van der Waals surface area contributed by atoms with Gasteiger partial charge in [-0.15, -0.1) is 4.91 Å². The standard InChI is InChI=1S/C18H17NO2/c1-11-17-7-15(19-21)4-2-13(17)9-18(11)8-12-3-5-16(20)6-14(12)10-18/h2-7,11,20H,8-10H2,1H3/t11?,18-/m1/s1. The molecule has 0 saturated heterocycles. The van der Waals surface area contributed by atoms with E-state index in [1.165, 1.54) is 22.3 Å². The van der Waals surface area contributed by atoms with Crippen LogP contribution < -0.4 is 0 Å². The maximum atomic E-state index is 10.8. The molecule has 4 rings (SSSR count). The number of nitrogens with zero attached hydrogens (tertiary/aromatic N) is 1. The van der Waals surface area contributed by atoms with Crippen molar-refractivity contribution in [2.24, 2.45) is 10.6 Å².